The molecule has 2 N–H and O–H groups in total. The van der Waals surface area contributed by atoms with Gasteiger partial charge >= 0.3 is 0 Å². The average molecular weight is 489 g/mol. The summed E-state index contributed by atoms with van der Waals surface area (Å²) >= 11 is 0. The molecule has 2 amide bonds. The molecular weight excluding hydrogens is 460 g/mol. The van der Waals surface area contributed by atoms with Gasteiger partial charge in [-0.3, -0.25) is 14.3 Å². The van der Waals surface area contributed by atoms with E-state index in [0.29, 0.717) is 43.2 Å². The number of likely N-dealkylation sites (tertiary alicyclic amines) is 1. The van der Waals surface area contributed by atoms with Crippen LogP contribution in [-0.4, -0.2) is 67.5 Å². The van der Waals surface area contributed by atoms with Crippen LogP contribution in [0.4, 0.5) is 0 Å². The third kappa shape index (κ3) is 4.59. The zero-order valence-corrected chi connectivity index (χ0v) is 20.2. The van der Waals surface area contributed by atoms with Crippen LogP contribution in [0.1, 0.15) is 40.7 Å². The number of rotatable bonds is 6. The number of hydrogen-bond donors (Lipinski definition) is 2. The number of hydrogen-bond acceptors (Lipinski definition) is 7. The molecule has 1 fully saturated rings. The van der Waals surface area contributed by atoms with Crippen LogP contribution < -0.4 is 5.32 Å². The molecule has 0 aliphatic carbocycles. The van der Waals surface area contributed by atoms with Crippen LogP contribution in [0.5, 0.6) is 0 Å². The zero-order chi connectivity index (χ0) is 25.2. The molecule has 1 saturated heterocycles. The Morgan fingerprint density at radius 3 is 2.64 bits per heavy atom. The minimum Gasteiger partial charge on any atom is -0.394 e. The summed E-state index contributed by atoms with van der Waals surface area (Å²) in [7, 11) is 1.91. The Morgan fingerprint density at radius 2 is 1.92 bits per heavy atom. The van der Waals surface area contributed by atoms with Crippen LogP contribution in [-0.2, 0) is 11.8 Å². The molecule has 0 saturated carbocycles. The fourth-order valence-corrected chi connectivity index (χ4v) is 4.68. The van der Waals surface area contributed by atoms with Crippen LogP contribution in [0.25, 0.3) is 22.3 Å². The number of aliphatic hydroxyl groups excluding tert-OH is 1. The lowest BCUT2D eigenvalue weighted by Gasteiger charge is -2.32. The molecule has 0 bridgehead atoms. The Hall–Kier alpha value is -4.05. The second-order valence-corrected chi connectivity index (χ2v) is 9.07. The summed E-state index contributed by atoms with van der Waals surface area (Å²) in [4.78, 5) is 31.7. The van der Waals surface area contributed by atoms with Gasteiger partial charge in [0.1, 0.15) is 6.04 Å². The van der Waals surface area contributed by atoms with E-state index in [0.717, 1.165) is 22.2 Å². The van der Waals surface area contributed by atoms with E-state index in [1.165, 1.54) is 0 Å². The highest BCUT2D eigenvalue weighted by Crippen LogP contribution is 2.30. The van der Waals surface area contributed by atoms with Crippen LogP contribution >= 0.6 is 0 Å². The predicted octanol–water partition coefficient (Wildman–Crippen LogP) is 2.43. The number of carbonyl (C=O) groups excluding carboxylic acids is 2. The Bertz CT molecular complexity index is 1390. The standard InChI is InChI=1S/C26H28N6O4/c1-16-20-9-8-19(14-22(20)31(2)29-16)23-28-25(36-30-23)18-10-12-32(13-11-18)26(35)21(15-33)27-24(34)17-6-4-3-5-7-17/h3-9,14,18,21,33H,10-13,15H2,1-2H3,(H,27,34)/t21-/m1/s1. The number of piperidine rings is 1. The van der Waals surface area contributed by atoms with Crippen molar-refractivity contribution >= 4 is 22.7 Å². The molecule has 1 aliphatic rings. The maximum absolute atomic E-state index is 13.0. The number of benzene rings is 2. The van der Waals surface area contributed by atoms with Crippen LogP contribution in [0, 0.1) is 6.92 Å². The fourth-order valence-electron chi connectivity index (χ4n) is 4.68. The highest BCUT2D eigenvalue weighted by Gasteiger charge is 2.31. The SMILES string of the molecule is Cc1nn(C)c2cc(-c3noc(C4CCN(C(=O)[C@@H](CO)NC(=O)c5ccccc5)CC4)n3)ccc12. The summed E-state index contributed by atoms with van der Waals surface area (Å²) in [6, 6.07) is 13.6. The van der Waals surface area contributed by atoms with E-state index >= 15 is 0 Å². The van der Waals surface area contributed by atoms with E-state index in [1.54, 1.807) is 29.2 Å². The normalized spacial score (nSPS) is 15.2. The maximum atomic E-state index is 13.0. The lowest BCUT2D eigenvalue weighted by atomic mass is 9.96. The number of carbonyl (C=O) groups is 2. The van der Waals surface area contributed by atoms with Gasteiger partial charge in [0.2, 0.25) is 17.6 Å². The maximum Gasteiger partial charge on any atom is 0.251 e. The number of aryl methyl sites for hydroxylation is 2. The lowest BCUT2D eigenvalue weighted by molar-refractivity contribution is -0.135. The van der Waals surface area contributed by atoms with E-state index in [2.05, 4.69) is 20.6 Å². The highest BCUT2D eigenvalue weighted by atomic mass is 16.5. The van der Waals surface area contributed by atoms with E-state index < -0.39 is 18.6 Å². The van der Waals surface area contributed by atoms with Gasteiger partial charge in [-0.1, -0.05) is 35.5 Å². The summed E-state index contributed by atoms with van der Waals surface area (Å²) in [6.07, 6.45) is 1.30. The summed E-state index contributed by atoms with van der Waals surface area (Å²) in [5.74, 6) is 0.411. The molecule has 0 radical (unpaired) electrons. The van der Waals surface area contributed by atoms with Gasteiger partial charge in [0.05, 0.1) is 17.8 Å². The van der Waals surface area contributed by atoms with Crippen molar-refractivity contribution in [2.45, 2.75) is 31.7 Å². The summed E-state index contributed by atoms with van der Waals surface area (Å²) in [5.41, 5.74) is 3.26. The monoisotopic (exact) mass is 488 g/mol. The van der Waals surface area contributed by atoms with E-state index in [1.807, 2.05) is 42.9 Å². The van der Waals surface area contributed by atoms with Crippen molar-refractivity contribution in [2.75, 3.05) is 19.7 Å². The molecule has 186 valence electrons. The van der Waals surface area contributed by atoms with Gasteiger partial charge in [0.15, 0.2) is 0 Å². The Kier molecular flexibility index (Phi) is 6.51. The molecule has 36 heavy (non-hydrogen) atoms. The molecule has 3 heterocycles. The van der Waals surface area contributed by atoms with Gasteiger partial charge in [-0.05, 0) is 38.0 Å². The van der Waals surface area contributed by atoms with Crippen molar-refractivity contribution in [2.24, 2.45) is 7.05 Å². The van der Waals surface area contributed by atoms with Crippen molar-refractivity contribution in [1.82, 2.24) is 30.1 Å². The van der Waals surface area contributed by atoms with Gasteiger partial charge in [0, 0.05) is 42.6 Å². The third-order valence-corrected chi connectivity index (χ3v) is 6.71. The topological polar surface area (TPSA) is 126 Å². The van der Waals surface area contributed by atoms with Crippen molar-refractivity contribution in [3.05, 3.63) is 65.7 Å². The number of fused-ring (bicyclic) bond motifs is 1. The second kappa shape index (κ2) is 9.90. The van der Waals surface area contributed by atoms with E-state index in [4.69, 9.17) is 4.52 Å². The third-order valence-electron chi connectivity index (χ3n) is 6.71. The van der Waals surface area contributed by atoms with Crippen LogP contribution in [0.15, 0.2) is 53.1 Å². The van der Waals surface area contributed by atoms with Gasteiger partial charge in [0.25, 0.3) is 5.91 Å². The summed E-state index contributed by atoms with van der Waals surface area (Å²) < 4.78 is 7.43. The van der Waals surface area contributed by atoms with E-state index in [9.17, 15) is 14.7 Å². The molecule has 2 aromatic carbocycles. The van der Waals surface area contributed by atoms with Gasteiger partial charge in [-0.2, -0.15) is 10.1 Å². The second-order valence-electron chi connectivity index (χ2n) is 9.07. The number of nitrogens with one attached hydrogen (secondary N) is 1. The van der Waals surface area contributed by atoms with Gasteiger partial charge in [-0.25, -0.2) is 0 Å². The quantitative estimate of drug-likeness (QED) is 0.427. The molecule has 1 atom stereocenters. The number of aromatic nitrogens is 4. The minimum atomic E-state index is -0.991. The molecule has 2 aromatic heterocycles. The molecule has 1 aliphatic heterocycles. The van der Waals surface area contributed by atoms with Crippen LogP contribution in [0.2, 0.25) is 0 Å². The van der Waals surface area contributed by atoms with Crippen LogP contribution in [0.3, 0.4) is 0 Å². The average Bonchev–Trinajstić information content (AvgIpc) is 3.52. The summed E-state index contributed by atoms with van der Waals surface area (Å²) in [5, 5.41) is 22.1. The molecule has 4 aromatic rings. The zero-order valence-electron chi connectivity index (χ0n) is 20.2. The number of aliphatic hydroxyl groups is 1. The van der Waals surface area contributed by atoms with Crippen molar-refractivity contribution in [3.63, 3.8) is 0 Å². The first-order valence-electron chi connectivity index (χ1n) is 12.0. The Labute approximate surface area is 207 Å². The Balaban J connectivity index is 1.21. The molecule has 5 rings (SSSR count). The molecule has 0 unspecified atom stereocenters. The van der Waals surface area contributed by atoms with Gasteiger partial charge < -0.3 is 19.8 Å². The van der Waals surface area contributed by atoms with Crippen molar-refractivity contribution in [3.8, 4) is 11.4 Å². The predicted molar refractivity (Wildman–Crippen MR) is 132 cm³/mol. The molecule has 10 nitrogen and oxygen atoms in total. The lowest BCUT2D eigenvalue weighted by Crippen LogP contribution is -2.52. The molecule has 10 heteroatoms. The Morgan fingerprint density at radius 1 is 1.17 bits per heavy atom. The largest absolute Gasteiger partial charge is 0.394 e. The number of amides is 2. The number of nitrogens with zero attached hydrogens (tertiary/aromatic N) is 5. The minimum absolute atomic E-state index is 0.0319. The smallest absolute Gasteiger partial charge is 0.251 e. The first-order valence-corrected chi connectivity index (χ1v) is 12.0. The van der Waals surface area contributed by atoms with Gasteiger partial charge in [-0.15, -0.1) is 0 Å². The van der Waals surface area contributed by atoms with E-state index in [-0.39, 0.29) is 11.8 Å². The molecular formula is C26H28N6O4. The fraction of sp³-hybridized carbons (Fsp3) is 0.346. The summed E-state index contributed by atoms with van der Waals surface area (Å²) in [6.45, 7) is 2.45. The first-order chi connectivity index (χ1) is 17.4. The molecule has 0 spiro atoms. The van der Waals surface area contributed by atoms with Crippen molar-refractivity contribution in [1.29, 1.82) is 0 Å². The van der Waals surface area contributed by atoms with Crippen molar-refractivity contribution < 1.29 is 19.2 Å². The highest BCUT2D eigenvalue weighted by molar-refractivity contribution is 5.97. The first kappa shape index (κ1) is 23.7.